The fraction of sp³-hybridized carbons (Fsp3) is 0.154. The highest BCUT2D eigenvalue weighted by molar-refractivity contribution is 5.87. The average molecular weight is 257 g/mol. The number of nitriles is 1. The quantitative estimate of drug-likeness (QED) is 0.877. The molecule has 19 heavy (non-hydrogen) atoms. The monoisotopic (exact) mass is 257 g/mol. The van der Waals surface area contributed by atoms with E-state index >= 15 is 0 Å². The third-order valence-corrected chi connectivity index (χ3v) is 2.52. The summed E-state index contributed by atoms with van der Waals surface area (Å²) in [4.78, 5) is 14.5. The predicted octanol–water partition coefficient (Wildman–Crippen LogP) is 1.53. The molecular formula is C13H11N3O3. The highest BCUT2D eigenvalue weighted by Gasteiger charge is 2.03. The fourth-order valence-corrected chi connectivity index (χ4v) is 1.56. The molecular weight excluding hydrogens is 246 g/mol. The molecule has 1 heterocycles. The van der Waals surface area contributed by atoms with Gasteiger partial charge in [0.05, 0.1) is 12.1 Å². The largest absolute Gasteiger partial charge is 0.492 e. The molecule has 0 radical (unpaired) electrons. The Balaban J connectivity index is 1.89. The van der Waals surface area contributed by atoms with Crippen molar-refractivity contribution >= 4 is 5.97 Å². The highest BCUT2D eigenvalue weighted by atomic mass is 16.5. The van der Waals surface area contributed by atoms with Crippen LogP contribution in [0.3, 0.4) is 0 Å². The zero-order chi connectivity index (χ0) is 13.7. The molecule has 0 saturated carbocycles. The number of hydrogen-bond donors (Lipinski definition) is 1. The normalized spacial score (nSPS) is 9.84. The fourth-order valence-electron chi connectivity index (χ4n) is 1.56. The Morgan fingerprint density at radius 2 is 2.16 bits per heavy atom. The first-order valence-corrected chi connectivity index (χ1v) is 5.58. The average Bonchev–Trinajstić information content (AvgIpc) is 2.87. The highest BCUT2D eigenvalue weighted by Crippen LogP contribution is 2.12. The minimum Gasteiger partial charge on any atom is -0.492 e. The van der Waals surface area contributed by atoms with Crippen molar-refractivity contribution < 1.29 is 14.6 Å². The van der Waals surface area contributed by atoms with Crippen LogP contribution in [0.25, 0.3) is 0 Å². The van der Waals surface area contributed by atoms with Gasteiger partial charge in [-0.15, -0.1) is 0 Å². The number of carbonyl (C=O) groups is 1. The number of aromatic nitrogens is 2. The zero-order valence-corrected chi connectivity index (χ0v) is 9.98. The van der Waals surface area contributed by atoms with Gasteiger partial charge in [-0.25, -0.2) is 9.78 Å². The molecule has 0 aliphatic heterocycles. The Labute approximate surface area is 109 Å². The van der Waals surface area contributed by atoms with Crippen molar-refractivity contribution in [3.8, 4) is 11.8 Å². The van der Waals surface area contributed by atoms with Crippen LogP contribution in [0.15, 0.2) is 36.7 Å². The maximum atomic E-state index is 10.7. The molecule has 6 heteroatoms. The molecule has 1 aromatic carbocycles. The van der Waals surface area contributed by atoms with Crippen LogP contribution in [-0.2, 0) is 6.54 Å². The molecule has 0 aliphatic rings. The Morgan fingerprint density at radius 3 is 2.79 bits per heavy atom. The second-order valence-corrected chi connectivity index (χ2v) is 3.73. The summed E-state index contributed by atoms with van der Waals surface area (Å²) in [5, 5.41) is 17.5. The maximum absolute atomic E-state index is 10.7. The van der Waals surface area contributed by atoms with E-state index in [1.807, 2.05) is 6.07 Å². The molecule has 0 atom stereocenters. The third-order valence-electron chi connectivity index (χ3n) is 2.52. The van der Waals surface area contributed by atoms with E-state index < -0.39 is 5.97 Å². The summed E-state index contributed by atoms with van der Waals surface area (Å²) in [5.41, 5.74) is 0.216. The topological polar surface area (TPSA) is 88.1 Å². The SMILES string of the molecule is N#Cc1nccn1CCOc1ccc(C(=O)O)cc1. The summed E-state index contributed by atoms with van der Waals surface area (Å²) in [7, 11) is 0. The standard InChI is InChI=1S/C13H11N3O3/c14-9-12-15-5-6-16(12)7-8-19-11-3-1-10(2-4-11)13(17)18/h1-6H,7-8H2,(H,17,18). The van der Waals surface area contributed by atoms with E-state index in [4.69, 9.17) is 15.1 Å². The van der Waals surface area contributed by atoms with E-state index in [1.165, 1.54) is 12.1 Å². The number of aromatic carboxylic acids is 1. The summed E-state index contributed by atoms with van der Waals surface area (Å²) in [5.74, 6) is -0.0444. The van der Waals surface area contributed by atoms with Crippen LogP contribution in [0.5, 0.6) is 5.75 Å². The van der Waals surface area contributed by atoms with Gasteiger partial charge in [0.1, 0.15) is 18.4 Å². The van der Waals surface area contributed by atoms with Crippen molar-refractivity contribution in [3.63, 3.8) is 0 Å². The molecule has 2 aromatic rings. The van der Waals surface area contributed by atoms with Crippen molar-refractivity contribution in [3.05, 3.63) is 48.0 Å². The Kier molecular flexibility index (Phi) is 3.78. The molecule has 0 spiro atoms. The van der Waals surface area contributed by atoms with E-state index in [-0.39, 0.29) is 5.56 Å². The van der Waals surface area contributed by atoms with Crippen LogP contribution in [-0.4, -0.2) is 27.2 Å². The number of ether oxygens (including phenoxy) is 1. The molecule has 1 N–H and O–H groups in total. The smallest absolute Gasteiger partial charge is 0.335 e. The van der Waals surface area contributed by atoms with E-state index in [1.54, 1.807) is 29.1 Å². The van der Waals surface area contributed by atoms with Crippen molar-refractivity contribution in [2.75, 3.05) is 6.61 Å². The number of rotatable bonds is 5. The first-order valence-electron chi connectivity index (χ1n) is 5.58. The van der Waals surface area contributed by atoms with Gasteiger partial charge < -0.3 is 14.4 Å². The maximum Gasteiger partial charge on any atom is 0.335 e. The van der Waals surface area contributed by atoms with Gasteiger partial charge in [-0.2, -0.15) is 5.26 Å². The molecule has 6 nitrogen and oxygen atoms in total. The van der Waals surface area contributed by atoms with Crippen LogP contribution >= 0.6 is 0 Å². The van der Waals surface area contributed by atoms with E-state index in [0.29, 0.717) is 24.7 Å². The molecule has 2 rings (SSSR count). The van der Waals surface area contributed by atoms with Gasteiger partial charge in [0.2, 0.25) is 5.82 Å². The number of imidazole rings is 1. The number of benzene rings is 1. The van der Waals surface area contributed by atoms with Crippen molar-refractivity contribution in [1.82, 2.24) is 9.55 Å². The first kappa shape index (κ1) is 12.6. The molecule has 96 valence electrons. The summed E-state index contributed by atoms with van der Waals surface area (Å²) in [6, 6.07) is 8.14. The van der Waals surface area contributed by atoms with Crippen molar-refractivity contribution in [1.29, 1.82) is 5.26 Å². The minimum atomic E-state index is -0.969. The molecule has 0 bridgehead atoms. The molecule has 0 aliphatic carbocycles. The van der Waals surface area contributed by atoms with Crippen molar-refractivity contribution in [2.45, 2.75) is 6.54 Å². The lowest BCUT2D eigenvalue weighted by Crippen LogP contribution is -2.09. The van der Waals surface area contributed by atoms with Gasteiger partial charge in [0.25, 0.3) is 0 Å². The lowest BCUT2D eigenvalue weighted by molar-refractivity contribution is 0.0697. The van der Waals surface area contributed by atoms with Crippen molar-refractivity contribution in [2.24, 2.45) is 0 Å². The number of nitrogens with zero attached hydrogens (tertiary/aromatic N) is 3. The van der Waals surface area contributed by atoms with Gasteiger partial charge in [0.15, 0.2) is 0 Å². The molecule has 0 saturated heterocycles. The van der Waals surface area contributed by atoms with Gasteiger partial charge in [-0.1, -0.05) is 0 Å². The number of carboxylic acids is 1. The second-order valence-electron chi connectivity index (χ2n) is 3.73. The summed E-state index contributed by atoms with van der Waals surface area (Å²) >= 11 is 0. The summed E-state index contributed by atoms with van der Waals surface area (Å²) < 4.78 is 7.15. The second kappa shape index (κ2) is 5.69. The number of hydrogen-bond acceptors (Lipinski definition) is 4. The van der Waals surface area contributed by atoms with E-state index in [2.05, 4.69) is 4.98 Å². The predicted molar refractivity (Wildman–Crippen MR) is 65.8 cm³/mol. The lowest BCUT2D eigenvalue weighted by Gasteiger charge is -2.07. The zero-order valence-electron chi connectivity index (χ0n) is 9.98. The molecule has 0 unspecified atom stereocenters. The van der Waals surface area contributed by atoms with Gasteiger partial charge >= 0.3 is 5.97 Å². The molecule has 0 amide bonds. The summed E-state index contributed by atoms with van der Waals surface area (Å²) in [6.07, 6.45) is 3.26. The van der Waals surface area contributed by atoms with Crippen LogP contribution in [0.2, 0.25) is 0 Å². The third kappa shape index (κ3) is 3.10. The van der Waals surface area contributed by atoms with Gasteiger partial charge in [0, 0.05) is 12.4 Å². The first-order chi connectivity index (χ1) is 9.20. The van der Waals surface area contributed by atoms with E-state index in [0.717, 1.165) is 0 Å². The van der Waals surface area contributed by atoms with E-state index in [9.17, 15) is 4.79 Å². The Hall–Kier alpha value is -2.81. The van der Waals surface area contributed by atoms with Gasteiger partial charge in [-0.05, 0) is 24.3 Å². The van der Waals surface area contributed by atoms with Crippen LogP contribution in [0.4, 0.5) is 0 Å². The van der Waals surface area contributed by atoms with Crippen LogP contribution in [0, 0.1) is 11.3 Å². The Bertz CT molecular complexity index is 611. The molecule has 1 aromatic heterocycles. The summed E-state index contributed by atoms with van der Waals surface area (Å²) in [6.45, 7) is 0.876. The van der Waals surface area contributed by atoms with Gasteiger partial charge in [-0.3, -0.25) is 0 Å². The minimum absolute atomic E-state index is 0.216. The number of carboxylic acid groups (broad SMARTS) is 1. The van der Waals surface area contributed by atoms with Crippen LogP contribution < -0.4 is 4.74 Å². The lowest BCUT2D eigenvalue weighted by atomic mass is 10.2. The Morgan fingerprint density at radius 1 is 1.42 bits per heavy atom. The van der Waals surface area contributed by atoms with Crippen LogP contribution in [0.1, 0.15) is 16.2 Å². The molecule has 0 fully saturated rings.